The van der Waals surface area contributed by atoms with Crippen molar-refractivity contribution in [2.75, 3.05) is 7.11 Å². The van der Waals surface area contributed by atoms with Crippen molar-refractivity contribution >= 4 is 17.7 Å². The highest BCUT2D eigenvalue weighted by molar-refractivity contribution is 5.88. The largest absolute Gasteiger partial charge is 0.469 e. The van der Waals surface area contributed by atoms with Gasteiger partial charge in [-0.25, -0.2) is 0 Å². The first kappa shape index (κ1) is 25.8. The van der Waals surface area contributed by atoms with Crippen LogP contribution in [-0.4, -0.2) is 24.8 Å². The van der Waals surface area contributed by atoms with E-state index in [1.165, 1.54) is 14.0 Å². The lowest BCUT2D eigenvalue weighted by molar-refractivity contribution is -0.147. The molecule has 2 unspecified atom stereocenters. The molecule has 1 fully saturated rings. The third-order valence-electron chi connectivity index (χ3n) is 6.21. The van der Waals surface area contributed by atoms with Crippen LogP contribution in [0.2, 0.25) is 0 Å². The van der Waals surface area contributed by atoms with Crippen LogP contribution in [0.1, 0.15) is 101 Å². The van der Waals surface area contributed by atoms with Gasteiger partial charge in [0.15, 0.2) is 0 Å². The number of hydrogen-bond donors (Lipinski definition) is 0. The summed E-state index contributed by atoms with van der Waals surface area (Å²) in [4.78, 5) is 35.3. The molecule has 0 N–H and O–H groups in total. The number of esters is 2. The van der Waals surface area contributed by atoms with Crippen LogP contribution >= 0.6 is 0 Å². The Balaban J connectivity index is 1.98. The number of benzene rings is 1. The third-order valence-corrected chi connectivity index (χ3v) is 6.21. The topological polar surface area (TPSA) is 69.7 Å². The molecular formula is C27H38O5. The molecule has 1 aliphatic carbocycles. The Morgan fingerprint density at radius 2 is 1.88 bits per heavy atom. The summed E-state index contributed by atoms with van der Waals surface area (Å²) in [5.41, 5.74) is 2.04. The summed E-state index contributed by atoms with van der Waals surface area (Å²) in [6.45, 7) is 3.61. The van der Waals surface area contributed by atoms with Crippen molar-refractivity contribution in [2.24, 2.45) is 5.92 Å². The predicted octanol–water partition coefficient (Wildman–Crippen LogP) is 6.22. The van der Waals surface area contributed by atoms with Crippen LogP contribution in [0.4, 0.5) is 0 Å². The second-order valence-corrected chi connectivity index (χ2v) is 8.68. The highest BCUT2D eigenvalue weighted by Crippen LogP contribution is 2.40. The van der Waals surface area contributed by atoms with E-state index in [4.69, 9.17) is 4.74 Å². The van der Waals surface area contributed by atoms with Gasteiger partial charge in [0.05, 0.1) is 7.11 Å². The van der Waals surface area contributed by atoms with E-state index in [0.29, 0.717) is 24.5 Å². The van der Waals surface area contributed by atoms with Crippen LogP contribution < -0.4 is 0 Å². The third kappa shape index (κ3) is 8.25. The van der Waals surface area contributed by atoms with Crippen LogP contribution in [-0.2, 0) is 23.9 Å². The van der Waals surface area contributed by atoms with Crippen molar-refractivity contribution in [1.29, 1.82) is 0 Å². The average molecular weight is 443 g/mol. The summed E-state index contributed by atoms with van der Waals surface area (Å²) < 4.78 is 10.2. The molecule has 0 heterocycles. The lowest BCUT2D eigenvalue weighted by Gasteiger charge is -2.20. The fourth-order valence-corrected chi connectivity index (χ4v) is 4.47. The van der Waals surface area contributed by atoms with Crippen molar-refractivity contribution in [1.82, 2.24) is 0 Å². The molecular weight excluding hydrogens is 404 g/mol. The van der Waals surface area contributed by atoms with E-state index in [-0.39, 0.29) is 24.0 Å². The van der Waals surface area contributed by atoms with E-state index < -0.39 is 0 Å². The van der Waals surface area contributed by atoms with Gasteiger partial charge >= 0.3 is 11.9 Å². The highest BCUT2D eigenvalue weighted by atomic mass is 16.5. The molecule has 3 atom stereocenters. The Morgan fingerprint density at radius 3 is 2.53 bits per heavy atom. The Morgan fingerprint density at radius 1 is 1.12 bits per heavy atom. The van der Waals surface area contributed by atoms with Crippen molar-refractivity contribution in [3.8, 4) is 0 Å². The number of rotatable bonds is 13. The maximum absolute atomic E-state index is 12.6. The molecule has 0 radical (unpaired) electrons. The lowest BCUT2D eigenvalue weighted by atomic mass is 9.85. The van der Waals surface area contributed by atoms with Crippen LogP contribution in [0.25, 0.3) is 0 Å². The maximum Gasteiger partial charge on any atom is 0.305 e. The number of hydrogen-bond acceptors (Lipinski definition) is 5. The van der Waals surface area contributed by atoms with E-state index in [1.54, 1.807) is 0 Å². The van der Waals surface area contributed by atoms with Gasteiger partial charge in [-0.3, -0.25) is 14.4 Å². The first-order valence-electron chi connectivity index (χ1n) is 12.0. The van der Waals surface area contributed by atoms with Gasteiger partial charge in [0.25, 0.3) is 0 Å². The average Bonchev–Trinajstić information content (AvgIpc) is 3.15. The number of ketones is 1. The summed E-state index contributed by atoms with van der Waals surface area (Å²) in [6, 6.07) is 8.10. The number of ether oxygens (including phenoxy) is 2. The Kier molecular flexibility index (Phi) is 11.2. The highest BCUT2D eigenvalue weighted by Gasteiger charge is 2.35. The molecule has 2 rings (SSSR count). The normalized spacial score (nSPS) is 19.3. The van der Waals surface area contributed by atoms with Gasteiger partial charge in [0, 0.05) is 25.7 Å². The summed E-state index contributed by atoms with van der Waals surface area (Å²) >= 11 is 0. The molecule has 1 aromatic rings. The Labute approximate surface area is 192 Å². The van der Waals surface area contributed by atoms with Crippen molar-refractivity contribution in [3.05, 3.63) is 47.5 Å². The molecule has 0 bridgehead atoms. The smallest absolute Gasteiger partial charge is 0.305 e. The summed E-state index contributed by atoms with van der Waals surface area (Å²) in [5, 5.41) is 0. The molecule has 1 saturated carbocycles. The zero-order chi connectivity index (χ0) is 23.3. The fourth-order valence-electron chi connectivity index (χ4n) is 4.47. The van der Waals surface area contributed by atoms with Crippen LogP contribution in [0, 0.1) is 5.92 Å². The molecule has 1 aromatic carbocycles. The summed E-state index contributed by atoms with van der Waals surface area (Å²) in [5.74, 6) is 0.0981. The number of carbonyl (C=O) groups excluding carboxylic acids is 3. The molecule has 0 saturated heterocycles. The molecule has 1 aliphatic rings. The quantitative estimate of drug-likeness (QED) is 0.206. The molecule has 5 heteroatoms. The minimum Gasteiger partial charge on any atom is -0.469 e. The second-order valence-electron chi connectivity index (χ2n) is 8.68. The molecule has 0 amide bonds. The lowest BCUT2D eigenvalue weighted by Crippen LogP contribution is -2.13. The molecule has 176 valence electrons. The molecule has 5 nitrogen and oxygen atoms in total. The van der Waals surface area contributed by atoms with E-state index in [0.717, 1.165) is 62.5 Å². The monoisotopic (exact) mass is 442 g/mol. The van der Waals surface area contributed by atoms with Crippen molar-refractivity contribution in [3.63, 3.8) is 0 Å². The minimum absolute atomic E-state index is 0.0731. The SMILES string of the molecule is CCCCCC(OC(C)=O)c1ccc(C2C(=O)CC[C@@H]2C/C=C\CCCC(=O)OC)cc1. The molecule has 0 aromatic heterocycles. The number of Topliss-reactive ketones (excluding diaryl/α,β-unsaturated/α-hetero) is 1. The first-order chi connectivity index (χ1) is 15.5. The van der Waals surface area contributed by atoms with Crippen molar-refractivity contribution in [2.45, 2.75) is 90.1 Å². The van der Waals surface area contributed by atoms with E-state index in [9.17, 15) is 14.4 Å². The van der Waals surface area contributed by atoms with Gasteiger partial charge in [-0.1, -0.05) is 56.2 Å². The van der Waals surface area contributed by atoms with Crippen LogP contribution in [0.3, 0.4) is 0 Å². The van der Waals surface area contributed by atoms with Gasteiger partial charge in [-0.15, -0.1) is 0 Å². The number of unbranched alkanes of at least 4 members (excludes halogenated alkanes) is 3. The van der Waals surface area contributed by atoms with Gasteiger partial charge in [-0.05, 0) is 55.6 Å². The maximum atomic E-state index is 12.6. The zero-order valence-corrected chi connectivity index (χ0v) is 19.8. The van der Waals surface area contributed by atoms with Gasteiger partial charge in [0.1, 0.15) is 11.9 Å². The summed E-state index contributed by atoms with van der Waals surface area (Å²) in [7, 11) is 1.41. The van der Waals surface area contributed by atoms with E-state index in [2.05, 4.69) is 23.8 Å². The number of allylic oxidation sites excluding steroid dienone is 2. The fraction of sp³-hybridized carbons (Fsp3) is 0.593. The Hall–Kier alpha value is -2.43. The van der Waals surface area contributed by atoms with Gasteiger partial charge in [-0.2, -0.15) is 0 Å². The van der Waals surface area contributed by atoms with Gasteiger partial charge in [0.2, 0.25) is 0 Å². The Bertz CT molecular complexity index is 765. The minimum atomic E-state index is -0.264. The molecule has 0 spiro atoms. The van der Waals surface area contributed by atoms with Crippen LogP contribution in [0.15, 0.2) is 36.4 Å². The molecule has 32 heavy (non-hydrogen) atoms. The van der Waals surface area contributed by atoms with Gasteiger partial charge < -0.3 is 9.47 Å². The van der Waals surface area contributed by atoms with Crippen molar-refractivity contribution < 1.29 is 23.9 Å². The zero-order valence-electron chi connectivity index (χ0n) is 19.8. The number of methoxy groups -OCH3 is 1. The first-order valence-corrected chi connectivity index (χ1v) is 12.0. The van der Waals surface area contributed by atoms with E-state index in [1.807, 2.05) is 24.3 Å². The van der Waals surface area contributed by atoms with Crippen LogP contribution in [0.5, 0.6) is 0 Å². The predicted molar refractivity (Wildman–Crippen MR) is 125 cm³/mol. The second kappa shape index (κ2) is 13.9. The van der Waals surface area contributed by atoms with E-state index >= 15 is 0 Å². The molecule has 0 aliphatic heterocycles. The standard InChI is InChI=1S/C27H38O5/c1-4-5-8-12-25(32-20(2)28)21-14-16-23(17-15-21)27-22(18-19-24(27)29)11-9-6-7-10-13-26(30)31-3/h6,9,14-17,22,25,27H,4-5,7-8,10-13,18-19H2,1-3H3/b9-6-/t22-,25?,27?/m0/s1. The number of carbonyl (C=O) groups is 3. The summed E-state index contributed by atoms with van der Waals surface area (Å²) in [6.07, 6.45) is 12.5.